The van der Waals surface area contributed by atoms with Crippen LogP contribution >= 0.6 is 11.6 Å². The maximum atomic E-state index is 11.4. The highest BCUT2D eigenvalue weighted by molar-refractivity contribution is 6.32. The molecule has 8 heteroatoms. The molecule has 7 nitrogen and oxygen atoms in total. The molecule has 20 heavy (non-hydrogen) atoms. The van der Waals surface area contributed by atoms with E-state index in [1.165, 1.54) is 11.1 Å². The predicted octanol–water partition coefficient (Wildman–Crippen LogP) is 1.76. The highest BCUT2D eigenvalue weighted by Gasteiger charge is 2.27. The van der Waals surface area contributed by atoms with Crippen LogP contribution < -0.4 is 5.69 Å². The number of hydrogen-bond donors (Lipinski definition) is 3. The Labute approximate surface area is 118 Å². The topological polar surface area (TPSA) is 102 Å². The van der Waals surface area contributed by atoms with Crippen LogP contribution in [0.2, 0.25) is 5.02 Å². The van der Waals surface area contributed by atoms with Crippen molar-refractivity contribution in [3.63, 3.8) is 0 Å². The number of aromatic amines is 2. The summed E-state index contributed by atoms with van der Waals surface area (Å²) in [5.74, 6) is 0.120. The molecule has 1 aliphatic heterocycles. The number of likely N-dealkylation sites (tertiary alicyclic amines) is 1. The van der Waals surface area contributed by atoms with Crippen molar-refractivity contribution in [2.75, 3.05) is 13.1 Å². The number of pyridine rings is 1. The molecule has 0 unspecified atom stereocenters. The molecule has 2 aromatic heterocycles. The first-order valence-corrected chi connectivity index (χ1v) is 6.68. The minimum atomic E-state index is -0.899. The van der Waals surface area contributed by atoms with E-state index in [0.717, 1.165) is 5.56 Å². The van der Waals surface area contributed by atoms with Gasteiger partial charge in [0.2, 0.25) is 0 Å². The van der Waals surface area contributed by atoms with Gasteiger partial charge >= 0.3 is 11.8 Å². The molecule has 1 saturated heterocycles. The summed E-state index contributed by atoms with van der Waals surface area (Å²) in [5.41, 5.74) is 1.63. The first-order valence-electron chi connectivity index (χ1n) is 6.30. The second-order valence-electron chi connectivity index (χ2n) is 4.87. The monoisotopic (exact) mass is 296 g/mol. The first kappa shape index (κ1) is 13.0. The smallest absolute Gasteiger partial charge is 0.407 e. The molecule has 1 aliphatic rings. The number of nitrogens with zero attached hydrogens (tertiary/aromatic N) is 2. The van der Waals surface area contributed by atoms with Crippen molar-refractivity contribution in [2.45, 2.75) is 18.8 Å². The zero-order valence-corrected chi connectivity index (χ0v) is 11.3. The van der Waals surface area contributed by atoms with Crippen LogP contribution in [0.3, 0.4) is 0 Å². The Morgan fingerprint density at radius 3 is 2.75 bits per heavy atom. The van der Waals surface area contributed by atoms with Gasteiger partial charge in [0, 0.05) is 24.8 Å². The first-order chi connectivity index (χ1) is 9.56. The molecule has 0 bridgehead atoms. The van der Waals surface area contributed by atoms with Crippen LogP contribution in [-0.4, -0.2) is 44.1 Å². The van der Waals surface area contributed by atoms with Crippen LogP contribution in [0.5, 0.6) is 0 Å². The van der Waals surface area contributed by atoms with Crippen molar-refractivity contribution in [2.24, 2.45) is 0 Å². The molecule has 1 amide bonds. The molecule has 0 aromatic carbocycles. The second kappa shape index (κ2) is 4.82. The van der Waals surface area contributed by atoms with Gasteiger partial charge in [-0.2, -0.15) is 0 Å². The quantitative estimate of drug-likeness (QED) is 0.746. The van der Waals surface area contributed by atoms with E-state index in [9.17, 15) is 9.59 Å². The van der Waals surface area contributed by atoms with E-state index in [-0.39, 0.29) is 11.6 Å². The predicted molar refractivity (Wildman–Crippen MR) is 73.3 cm³/mol. The summed E-state index contributed by atoms with van der Waals surface area (Å²) >= 11 is 6.22. The molecule has 0 spiro atoms. The van der Waals surface area contributed by atoms with Gasteiger partial charge in [0.1, 0.15) is 0 Å². The fourth-order valence-corrected chi connectivity index (χ4v) is 3.03. The van der Waals surface area contributed by atoms with Gasteiger partial charge in [-0.15, -0.1) is 0 Å². The maximum absolute atomic E-state index is 11.4. The highest BCUT2D eigenvalue weighted by Crippen LogP contribution is 2.35. The Bertz CT molecular complexity index is 715. The zero-order valence-electron chi connectivity index (χ0n) is 10.5. The van der Waals surface area contributed by atoms with Crippen molar-refractivity contribution in [3.8, 4) is 0 Å². The largest absolute Gasteiger partial charge is 0.465 e. The zero-order chi connectivity index (χ0) is 14.3. The van der Waals surface area contributed by atoms with Crippen LogP contribution in [0.1, 0.15) is 24.3 Å². The van der Waals surface area contributed by atoms with Crippen LogP contribution in [0.15, 0.2) is 11.0 Å². The van der Waals surface area contributed by atoms with Crippen LogP contribution in [0.4, 0.5) is 4.79 Å². The number of carboxylic acid groups (broad SMARTS) is 1. The molecule has 1 fully saturated rings. The molecule has 0 radical (unpaired) electrons. The summed E-state index contributed by atoms with van der Waals surface area (Å²) in [5, 5.41) is 9.46. The van der Waals surface area contributed by atoms with E-state index < -0.39 is 6.09 Å². The number of imidazole rings is 1. The normalized spacial score (nSPS) is 16.8. The van der Waals surface area contributed by atoms with Gasteiger partial charge in [-0.1, -0.05) is 11.6 Å². The number of aromatic nitrogens is 3. The molecular weight excluding hydrogens is 284 g/mol. The molecule has 2 aromatic rings. The average Bonchev–Trinajstić information content (AvgIpc) is 2.79. The van der Waals surface area contributed by atoms with E-state index in [1.807, 2.05) is 0 Å². The number of amides is 1. The number of piperidine rings is 1. The molecule has 3 N–H and O–H groups in total. The van der Waals surface area contributed by atoms with Crippen molar-refractivity contribution in [3.05, 3.63) is 27.3 Å². The fourth-order valence-electron chi connectivity index (χ4n) is 2.73. The fraction of sp³-hybridized carbons (Fsp3) is 0.417. The Kier molecular flexibility index (Phi) is 3.13. The molecule has 106 valence electrons. The lowest BCUT2D eigenvalue weighted by atomic mass is 9.89. The van der Waals surface area contributed by atoms with E-state index in [1.54, 1.807) is 0 Å². The van der Waals surface area contributed by atoms with Crippen molar-refractivity contribution in [1.29, 1.82) is 0 Å². The summed E-state index contributed by atoms with van der Waals surface area (Å²) < 4.78 is 0. The number of nitrogens with one attached hydrogen (secondary N) is 2. The Morgan fingerprint density at radius 2 is 2.10 bits per heavy atom. The lowest BCUT2D eigenvalue weighted by Crippen LogP contribution is -2.36. The van der Waals surface area contributed by atoms with Gasteiger partial charge in [0.25, 0.3) is 0 Å². The summed E-state index contributed by atoms with van der Waals surface area (Å²) in [6.45, 7) is 0.934. The lowest BCUT2D eigenvalue weighted by Gasteiger charge is -2.30. The standard InChI is InChI=1S/C12H13ClN4O3/c13-7-5-14-10-9(15-11(18)16-10)8(7)6-1-3-17(4-2-6)12(19)20/h5-6H,1-4H2,(H,19,20)(H2,14,15,16,18). The minimum absolute atomic E-state index is 0.120. The van der Waals surface area contributed by atoms with Crippen molar-refractivity contribution >= 4 is 28.9 Å². The second-order valence-corrected chi connectivity index (χ2v) is 5.27. The summed E-state index contributed by atoms with van der Waals surface area (Å²) in [6.07, 6.45) is 1.98. The van der Waals surface area contributed by atoms with Crippen LogP contribution in [0.25, 0.3) is 11.2 Å². The van der Waals surface area contributed by atoms with Gasteiger partial charge in [-0.25, -0.2) is 14.6 Å². The van der Waals surface area contributed by atoms with Crippen molar-refractivity contribution < 1.29 is 9.90 Å². The lowest BCUT2D eigenvalue weighted by molar-refractivity contribution is 0.132. The third-order valence-corrected chi connectivity index (χ3v) is 4.02. The van der Waals surface area contributed by atoms with Gasteiger partial charge in [0.15, 0.2) is 5.65 Å². The Balaban J connectivity index is 1.96. The summed E-state index contributed by atoms with van der Waals surface area (Å²) in [7, 11) is 0. The third kappa shape index (κ3) is 2.14. The Hall–Kier alpha value is -2.02. The SMILES string of the molecule is O=C(O)N1CCC(c2c(Cl)cnc3[nH]c(=O)[nH]c23)CC1. The van der Waals surface area contributed by atoms with E-state index in [0.29, 0.717) is 42.1 Å². The number of fused-ring (bicyclic) bond motifs is 1. The molecular formula is C12H13ClN4O3. The van der Waals surface area contributed by atoms with Gasteiger partial charge in [-0.3, -0.25) is 4.98 Å². The van der Waals surface area contributed by atoms with Gasteiger partial charge in [-0.05, 0) is 18.8 Å². The highest BCUT2D eigenvalue weighted by atomic mass is 35.5. The molecule has 0 atom stereocenters. The van der Waals surface area contributed by atoms with Crippen molar-refractivity contribution in [1.82, 2.24) is 19.9 Å². The number of H-pyrrole nitrogens is 2. The molecule has 0 saturated carbocycles. The molecule has 3 heterocycles. The molecule has 3 rings (SSSR count). The summed E-state index contributed by atoms with van der Waals surface area (Å²) in [4.78, 5) is 33.1. The summed E-state index contributed by atoms with van der Waals surface area (Å²) in [6, 6.07) is 0. The number of carbonyl (C=O) groups is 1. The maximum Gasteiger partial charge on any atom is 0.407 e. The van der Waals surface area contributed by atoms with E-state index in [4.69, 9.17) is 16.7 Å². The Morgan fingerprint density at radius 1 is 1.40 bits per heavy atom. The van der Waals surface area contributed by atoms with E-state index >= 15 is 0 Å². The van der Waals surface area contributed by atoms with Gasteiger partial charge < -0.3 is 15.0 Å². The number of hydrogen-bond acceptors (Lipinski definition) is 3. The third-order valence-electron chi connectivity index (χ3n) is 3.71. The average molecular weight is 297 g/mol. The van der Waals surface area contributed by atoms with Crippen LogP contribution in [-0.2, 0) is 0 Å². The molecule has 0 aliphatic carbocycles. The number of halogens is 1. The number of rotatable bonds is 1. The minimum Gasteiger partial charge on any atom is -0.465 e. The van der Waals surface area contributed by atoms with Gasteiger partial charge in [0.05, 0.1) is 10.5 Å². The van der Waals surface area contributed by atoms with Crippen LogP contribution in [0, 0.1) is 0 Å². The van der Waals surface area contributed by atoms with E-state index in [2.05, 4.69) is 15.0 Å².